The average molecular weight is 276 g/mol. The molecule has 0 heterocycles. The highest BCUT2D eigenvalue weighted by Gasteiger charge is 2.47. The van der Waals surface area contributed by atoms with Crippen LogP contribution in [0, 0.1) is 30.0 Å². The minimum Gasteiger partial charge on any atom is -0.487 e. The van der Waals surface area contributed by atoms with Gasteiger partial charge in [0.2, 0.25) is 0 Å². The van der Waals surface area contributed by atoms with Gasteiger partial charge in [-0.15, -0.1) is 0 Å². The van der Waals surface area contributed by atoms with Crippen molar-refractivity contribution in [2.45, 2.75) is 45.2 Å². The summed E-state index contributed by atoms with van der Waals surface area (Å²) >= 11 is 0. The Morgan fingerprint density at radius 1 is 1.50 bits per heavy atom. The lowest BCUT2D eigenvalue weighted by Crippen LogP contribution is -2.53. The predicted octanol–water partition coefficient (Wildman–Crippen LogP) is 3.18. The first kappa shape index (κ1) is 14.8. The van der Waals surface area contributed by atoms with E-state index in [4.69, 9.17) is 4.74 Å². The van der Waals surface area contributed by atoms with E-state index in [9.17, 15) is 9.65 Å². The Morgan fingerprint density at radius 3 is 2.75 bits per heavy atom. The van der Waals surface area contributed by atoms with Gasteiger partial charge in [0.1, 0.15) is 12.1 Å². The summed E-state index contributed by atoms with van der Waals surface area (Å²) in [5.74, 6) is 0.165. The number of rotatable bonds is 6. The number of aryl methyl sites for hydroxylation is 1. The molecule has 0 aliphatic heterocycles. The summed E-state index contributed by atoms with van der Waals surface area (Å²) in [4.78, 5) is 0. The molecule has 1 aromatic carbocycles. The average Bonchev–Trinajstić information content (AvgIpc) is 3.23. The lowest BCUT2D eigenvalue weighted by atomic mass is 9.95. The second-order valence-corrected chi connectivity index (χ2v) is 5.83. The molecule has 1 fully saturated rings. The van der Waals surface area contributed by atoms with E-state index in [-0.39, 0.29) is 24.2 Å². The first-order valence-electron chi connectivity index (χ1n) is 7.05. The fourth-order valence-electron chi connectivity index (χ4n) is 2.45. The smallest absolute Gasteiger partial charge is 0.167 e. The molecule has 0 aromatic heterocycles. The molecule has 1 atom stereocenters. The number of nitriles is 1. The van der Waals surface area contributed by atoms with Gasteiger partial charge in [0.15, 0.2) is 11.6 Å². The molecule has 3 nitrogen and oxygen atoms in total. The summed E-state index contributed by atoms with van der Waals surface area (Å²) in [5, 5.41) is 12.9. The minimum atomic E-state index is -0.718. The van der Waals surface area contributed by atoms with E-state index in [2.05, 4.69) is 11.4 Å². The summed E-state index contributed by atoms with van der Waals surface area (Å²) in [7, 11) is 0. The topological polar surface area (TPSA) is 45.0 Å². The molecule has 2 rings (SSSR count). The van der Waals surface area contributed by atoms with Crippen molar-refractivity contribution in [1.29, 1.82) is 5.26 Å². The van der Waals surface area contributed by atoms with Crippen molar-refractivity contribution in [2.24, 2.45) is 5.92 Å². The van der Waals surface area contributed by atoms with E-state index < -0.39 is 5.54 Å². The van der Waals surface area contributed by atoms with Crippen molar-refractivity contribution in [3.63, 3.8) is 0 Å². The van der Waals surface area contributed by atoms with Gasteiger partial charge in [-0.05, 0) is 51.2 Å². The predicted molar refractivity (Wildman–Crippen MR) is 76.0 cm³/mol. The molecule has 4 heteroatoms. The van der Waals surface area contributed by atoms with E-state index in [1.165, 1.54) is 0 Å². The molecule has 0 bridgehead atoms. The van der Waals surface area contributed by atoms with Gasteiger partial charge in [0.05, 0.1) is 6.07 Å². The summed E-state index contributed by atoms with van der Waals surface area (Å²) in [6.07, 6.45) is 2.04. The van der Waals surface area contributed by atoms with Gasteiger partial charge in [0, 0.05) is 6.04 Å². The first-order valence-corrected chi connectivity index (χ1v) is 7.05. The number of nitrogens with zero attached hydrogens (tertiary/aromatic N) is 1. The maximum atomic E-state index is 13.9. The van der Waals surface area contributed by atoms with Crippen LogP contribution in [0.15, 0.2) is 18.2 Å². The SMILES string of the molecule is Cc1cccc(OCC(C#N)(NC(C)C)C2CC2)c1F. The van der Waals surface area contributed by atoms with Gasteiger partial charge in [-0.3, -0.25) is 5.32 Å². The monoisotopic (exact) mass is 276 g/mol. The fraction of sp³-hybridized carbons (Fsp3) is 0.562. The molecule has 1 unspecified atom stereocenters. The zero-order valence-electron chi connectivity index (χ0n) is 12.2. The van der Waals surface area contributed by atoms with Crippen molar-refractivity contribution in [1.82, 2.24) is 5.32 Å². The number of hydrogen-bond acceptors (Lipinski definition) is 3. The summed E-state index contributed by atoms with van der Waals surface area (Å²) in [6.45, 7) is 5.88. The maximum Gasteiger partial charge on any atom is 0.167 e. The zero-order chi connectivity index (χ0) is 14.8. The standard InChI is InChI=1S/C16H21FN2O/c1-11(2)19-16(9-18,13-7-8-13)10-20-14-6-4-5-12(3)15(14)17/h4-6,11,13,19H,7-8,10H2,1-3H3. The Labute approximate surface area is 119 Å². The highest BCUT2D eigenvalue weighted by Crippen LogP contribution is 2.40. The highest BCUT2D eigenvalue weighted by molar-refractivity contribution is 5.30. The Kier molecular flexibility index (Phi) is 4.29. The number of halogens is 1. The molecule has 108 valence electrons. The van der Waals surface area contributed by atoms with Gasteiger partial charge >= 0.3 is 0 Å². The van der Waals surface area contributed by atoms with Gasteiger partial charge in [-0.2, -0.15) is 5.26 Å². The van der Waals surface area contributed by atoms with Crippen molar-refractivity contribution in [3.05, 3.63) is 29.6 Å². The van der Waals surface area contributed by atoms with Gasteiger partial charge in [-0.25, -0.2) is 4.39 Å². The molecule has 0 saturated heterocycles. The number of ether oxygens (including phenoxy) is 1. The second kappa shape index (κ2) is 5.80. The van der Waals surface area contributed by atoms with Gasteiger partial charge in [-0.1, -0.05) is 12.1 Å². The molecular formula is C16H21FN2O. The van der Waals surface area contributed by atoms with Gasteiger partial charge < -0.3 is 4.74 Å². The quantitative estimate of drug-likeness (QED) is 0.868. The Hall–Kier alpha value is -1.60. The third kappa shape index (κ3) is 3.10. The summed E-state index contributed by atoms with van der Waals surface area (Å²) < 4.78 is 19.5. The molecule has 0 radical (unpaired) electrons. The molecular weight excluding hydrogens is 255 g/mol. The van der Waals surface area contributed by atoms with Crippen molar-refractivity contribution in [2.75, 3.05) is 6.61 Å². The van der Waals surface area contributed by atoms with Crippen LogP contribution in [0.5, 0.6) is 5.75 Å². The van der Waals surface area contributed by atoms with Crippen LogP contribution in [-0.2, 0) is 0 Å². The highest BCUT2D eigenvalue weighted by atomic mass is 19.1. The zero-order valence-corrected chi connectivity index (χ0v) is 12.2. The van der Waals surface area contributed by atoms with Crippen LogP contribution >= 0.6 is 0 Å². The van der Waals surface area contributed by atoms with E-state index >= 15 is 0 Å². The van der Waals surface area contributed by atoms with Crippen LogP contribution < -0.4 is 10.1 Å². The number of hydrogen-bond donors (Lipinski definition) is 1. The number of benzene rings is 1. The maximum absolute atomic E-state index is 13.9. The molecule has 20 heavy (non-hydrogen) atoms. The van der Waals surface area contributed by atoms with Crippen LogP contribution in [0.2, 0.25) is 0 Å². The lowest BCUT2D eigenvalue weighted by Gasteiger charge is -2.30. The summed E-state index contributed by atoms with van der Waals surface area (Å²) in [6, 6.07) is 7.60. The van der Waals surface area contributed by atoms with Crippen molar-refractivity contribution >= 4 is 0 Å². The molecule has 0 spiro atoms. The van der Waals surface area contributed by atoms with Crippen molar-refractivity contribution < 1.29 is 9.13 Å². The van der Waals surface area contributed by atoms with E-state index in [0.29, 0.717) is 11.5 Å². The van der Waals surface area contributed by atoms with E-state index in [0.717, 1.165) is 12.8 Å². The molecule has 1 N–H and O–H groups in total. The van der Waals surface area contributed by atoms with E-state index in [1.807, 2.05) is 13.8 Å². The molecule has 1 aliphatic carbocycles. The third-order valence-corrected chi connectivity index (χ3v) is 3.63. The Bertz CT molecular complexity index is 520. The van der Waals surface area contributed by atoms with Crippen LogP contribution in [0.1, 0.15) is 32.3 Å². The van der Waals surface area contributed by atoms with Crippen LogP contribution in [0.25, 0.3) is 0 Å². The molecule has 1 aliphatic rings. The molecule has 1 aromatic rings. The van der Waals surface area contributed by atoms with Crippen LogP contribution in [0.3, 0.4) is 0 Å². The molecule has 0 amide bonds. The van der Waals surface area contributed by atoms with Gasteiger partial charge in [0.25, 0.3) is 0 Å². The fourth-order valence-corrected chi connectivity index (χ4v) is 2.45. The number of nitrogens with one attached hydrogen (secondary N) is 1. The van der Waals surface area contributed by atoms with Crippen LogP contribution in [0.4, 0.5) is 4.39 Å². The normalized spacial score (nSPS) is 17.6. The molecule has 1 saturated carbocycles. The summed E-state index contributed by atoms with van der Waals surface area (Å²) in [5.41, 5.74) is -0.169. The minimum absolute atomic E-state index is 0.173. The Balaban J connectivity index is 2.13. The largest absolute Gasteiger partial charge is 0.487 e. The lowest BCUT2D eigenvalue weighted by molar-refractivity contribution is 0.187. The van der Waals surface area contributed by atoms with E-state index in [1.54, 1.807) is 25.1 Å². The Morgan fingerprint density at radius 2 is 2.20 bits per heavy atom. The van der Waals surface area contributed by atoms with Crippen LogP contribution in [-0.4, -0.2) is 18.2 Å². The first-order chi connectivity index (χ1) is 9.48. The second-order valence-electron chi connectivity index (χ2n) is 5.83. The van der Waals surface area contributed by atoms with Crippen molar-refractivity contribution in [3.8, 4) is 11.8 Å². The third-order valence-electron chi connectivity index (χ3n) is 3.63.